The lowest BCUT2D eigenvalue weighted by atomic mass is 9.98. The Hall–Kier alpha value is -0.0800. The second kappa shape index (κ2) is 12.0. The van der Waals surface area contributed by atoms with Gasteiger partial charge in [-0.05, 0) is 37.9 Å². The van der Waals surface area contributed by atoms with Crippen molar-refractivity contribution in [3.8, 4) is 0 Å². The maximum absolute atomic E-state index is 5.31. The maximum atomic E-state index is 5.31. The lowest BCUT2D eigenvalue weighted by Crippen LogP contribution is -2.18. The first-order chi connectivity index (χ1) is 6.97. The normalized spacial score (nSPS) is 10.8. The van der Waals surface area contributed by atoms with Crippen LogP contribution in [0, 0.1) is 5.41 Å². The third kappa shape index (κ3) is 24.9. The fourth-order valence-electron chi connectivity index (χ4n) is 0.729. The summed E-state index contributed by atoms with van der Waals surface area (Å²) in [4.78, 5) is 0. The summed E-state index contributed by atoms with van der Waals surface area (Å²) in [6.07, 6.45) is 5.26. The van der Waals surface area contributed by atoms with Crippen molar-refractivity contribution in [3.05, 3.63) is 0 Å². The first kappa shape index (κ1) is 17.3. The zero-order chi connectivity index (χ0) is 12.2. The van der Waals surface area contributed by atoms with Gasteiger partial charge in [0.1, 0.15) is 0 Å². The molecule has 0 saturated heterocycles. The zero-order valence-electron chi connectivity index (χ0n) is 11.5. The third-order valence-corrected chi connectivity index (χ3v) is 2.03. The van der Waals surface area contributed by atoms with Gasteiger partial charge >= 0.3 is 0 Å². The van der Waals surface area contributed by atoms with Gasteiger partial charge in [-0.3, -0.25) is 0 Å². The Balaban J connectivity index is 0. The summed E-state index contributed by atoms with van der Waals surface area (Å²) in [6, 6.07) is 0. The van der Waals surface area contributed by atoms with Crippen molar-refractivity contribution in [2.45, 2.75) is 60.3 Å². The molecule has 0 aromatic rings. The molecule has 0 heterocycles. The molecule has 2 heteroatoms. The molecule has 0 amide bonds. The molecule has 15 heavy (non-hydrogen) atoms. The van der Waals surface area contributed by atoms with E-state index in [-0.39, 0.29) is 0 Å². The highest BCUT2D eigenvalue weighted by atomic mass is 14.8. The minimum Gasteiger partial charge on any atom is -0.330 e. The smallest absolute Gasteiger partial charge is 0.00285 e. The monoisotopic (exact) mass is 216 g/mol. The van der Waals surface area contributed by atoms with E-state index in [0.717, 1.165) is 6.54 Å². The van der Waals surface area contributed by atoms with Gasteiger partial charge in [-0.25, -0.2) is 0 Å². The lowest BCUT2D eigenvalue weighted by molar-refractivity contribution is 0.428. The van der Waals surface area contributed by atoms with Gasteiger partial charge in [0.05, 0.1) is 0 Å². The second-order valence-electron chi connectivity index (χ2n) is 5.22. The number of nitrogens with two attached hydrogens (primary N) is 1. The van der Waals surface area contributed by atoms with Crippen molar-refractivity contribution < 1.29 is 0 Å². The molecule has 0 unspecified atom stereocenters. The summed E-state index contributed by atoms with van der Waals surface area (Å²) in [7, 11) is 0. The van der Waals surface area contributed by atoms with Gasteiger partial charge < -0.3 is 11.1 Å². The van der Waals surface area contributed by atoms with Crippen LogP contribution in [0.4, 0.5) is 0 Å². The first-order valence-corrected chi connectivity index (χ1v) is 6.38. The molecule has 0 aliphatic heterocycles. The molecular weight excluding hydrogens is 184 g/mol. The van der Waals surface area contributed by atoms with Crippen molar-refractivity contribution in [1.29, 1.82) is 0 Å². The average Bonchev–Trinajstić information content (AvgIpc) is 2.18. The highest BCUT2D eigenvalue weighted by Gasteiger charge is 2.03. The molecule has 0 aromatic carbocycles. The van der Waals surface area contributed by atoms with E-state index in [1.54, 1.807) is 0 Å². The van der Waals surface area contributed by atoms with Crippen molar-refractivity contribution >= 4 is 0 Å². The number of hydrogen-bond acceptors (Lipinski definition) is 2. The third-order valence-electron chi connectivity index (χ3n) is 2.03. The molecule has 0 bridgehead atoms. The molecule has 0 fully saturated rings. The topological polar surface area (TPSA) is 38.0 Å². The Morgan fingerprint density at radius 2 is 1.27 bits per heavy atom. The zero-order valence-corrected chi connectivity index (χ0v) is 11.5. The molecule has 0 radical (unpaired) electrons. The minimum atomic E-state index is 0.319. The van der Waals surface area contributed by atoms with Crippen LogP contribution in [-0.2, 0) is 0 Å². The van der Waals surface area contributed by atoms with E-state index < -0.39 is 0 Å². The van der Waals surface area contributed by atoms with E-state index in [1.165, 1.54) is 38.8 Å². The van der Waals surface area contributed by atoms with Gasteiger partial charge in [-0.15, -0.1) is 0 Å². The van der Waals surface area contributed by atoms with Gasteiger partial charge in [0.15, 0.2) is 0 Å². The summed E-state index contributed by atoms with van der Waals surface area (Å²) < 4.78 is 0. The van der Waals surface area contributed by atoms with Crippen molar-refractivity contribution in [2.75, 3.05) is 19.6 Å². The molecule has 0 saturated carbocycles. The number of unbranched alkanes of at least 4 members (excludes halogenated alkanes) is 2. The second-order valence-corrected chi connectivity index (χ2v) is 5.22. The van der Waals surface area contributed by atoms with E-state index in [4.69, 9.17) is 5.73 Å². The van der Waals surface area contributed by atoms with E-state index in [1.807, 2.05) is 0 Å². The van der Waals surface area contributed by atoms with Gasteiger partial charge in [-0.1, -0.05) is 47.5 Å². The molecule has 3 N–H and O–H groups in total. The fraction of sp³-hybridized carbons (Fsp3) is 1.00. The van der Waals surface area contributed by atoms with E-state index in [9.17, 15) is 0 Å². The summed E-state index contributed by atoms with van der Waals surface area (Å²) in [5.74, 6) is 0. The van der Waals surface area contributed by atoms with Crippen LogP contribution in [0.2, 0.25) is 0 Å². The Labute approximate surface area is 97.0 Å². The Morgan fingerprint density at radius 3 is 1.47 bits per heavy atom. The Bertz CT molecular complexity index is 99.6. The predicted octanol–water partition coefficient (Wildman–Crippen LogP) is 3.17. The van der Waals surface area contributed by atoms with E-state index in [2.05, 4.69) is 39.9 Å². The van der Waals surface area contributed by atoms with E-state index in [0.29, 0.717) is 5.41 Å². The first-order valence-electron chi connectivity index (χ1n) is 6.38. The van der Waals surface area contributed by atoms with Crippen LogP contribution in [0.25, 0.3) is 0 Å². The molecule has 0 rings (SSSR count). The summed E-state index contributed by atoms with van der Waals surface area (Å²) in [6.45, 7) is 14.0. The summed E-state index contributed by atoms with van der Waals surface area (Å²) in [5, 5.41) is 3.39. The van der Waals surface area contributed by atoms with Crippen molar-refractivity contribution in [3.63, 3.8) is 0 Å². The van der Waals surface area contributed by atoms with Crippen LogP contribution >= 0.6 is 0 Å². The molecular formula is C13H32N2. The highest BCUT2D eigenvalue weighted by Crippen LogP contribution is 2.07. The molecule has 2 nitrogen and oxygen atoms in total. The van der Waals surface area contributed by atoms with Crippen LogP contribution in [-0.4, -0.2) is 19.6 Å². The largest absolute Gasteiger partial charge is 0.330 e. The number of hydrogen-bond donors (Lipinski definition) is 2. The SMILES string of the molecule is CC(C)(C)CN.CCCCNCCCC. The standard InChI is InChI=1S/C8H19N.C5H13N/c1-3-5-7-9-8-6-4-2;1-5(2,3)4-6/h9H,3-8H2,1-2H3;4,6H2,1-3H3. The molecule has 0 aliphatic carbocycles. The lowest BCUT2D eigenvalue weighted by Gasteiger charge is -2.12. The van der Waals surface area contributed by atoms with E-state index >= 15 is 0 Å². The highest BCUT2D eigenvalue weighted by molar-refractivity contribution is 4.59. The fourth-order valence-corrected chi connectivity index (χ4v) is 0.729. The quantitative estimate of drug-likeness (QED) is 0.669. The maximum Gasteiger partial charge on any atom is -0.00285 e. The number of nitrogens with one attached hydrogen (secondary N) is 1. The summed E-state index contributed by atoms with van der Waals surface area (Å²) in [5.41, 5.74) is 5.62. The van der Waals surface area contributed by atoms with Crippen LogP contribution in [0.3, 0.4) is 0 Å². The van der Waals surface area contributed by atoms with Gasteiger partial charge in [0.2, 0.25) is 0 Å². The predicted molar refractivity (Wildman–Crippen MR) is 71.2 cm³/mol. The van der Waals surface area contributed by atoms with Crippen LogP contribution in [0.5, 0.6) is 0 Å². The summed E-state index contributed by atoms with van der Waals surface area (Å²) >= 11 is 0. The Morgan fingerprint density at radius 1 is 0.933 bits per heavy atom. The minimum absolute atomic E-state index is 0.319. The van der Waals surface area contributed by atoms with Gasteiger partial charge in [0, 0.05) is 0 Å². The van der Waals surface area contributed by atoms with Crippen molar-refractivity contribution in [2.24, 2.45) is 11.1 Å². The van der Waals surface area contributed by atoms with Crippen molar-refractivity contribution in [1.82, 2.24) is 5.32 Å². The molecule has 0 atom stereocenters. The molecule has 0 aliphatic rings. The molecule has 0 aromatic heterocycles. The molecule has 0 spiro atoms. The van der Waals surface area contributed by atoms with Crippen LogP contribution < -0.4 is 11.1 Å². The van der Waals surface area contributed by atoms with Gasteiger partial charge in [-0.2, -0.15) is 0 Å². The van der Waals surface area contributed by atoms with Crippen LogP contribution in [0.1, 0.15) is 60.3 Å². The van der Waals surface area contributed by atoms with Gasteiger partial charge in [0.25, 0.3) is 0 Å². The van der Waals surface area contributed by atoms with Crippen LogP contribution in [0.15, 0.2) is 0 Å². The molecule has 94 valence electrons. The Kier molecular flexibility index (Phi) is 13.8. The average molecular weight is 216 g/mol. The number of rotatable bonds is 6.